The second-order valence-corrected chi connectivity index (χ2v) is 6.95. The van der Waals surface area contributed by atoms with Gasteiger partial charge in [0.25, 0.3) is 5.56 Å². The molecule has 0 aliphatic carbocycles. The lowest BCUT2D eigenvalue weighted by Crippen LogP contribution is -2.39. The highest BCUT2D eigenvalue weighted by molar-refractivity contribution is 5.76. The quantitative estimate of drug-likeness (QED) is 0.525. The molecule has 0 atom stereocenters. The number of rotatable bonds is 5. The number of hydrogen-bond acceptors (Lipinski definition) is 4. The summed E-state index contributed by atoms with van der Waals surface area (Å²) in [6.45, 7) is 5.33. The maximum Gasteiger partial charge on any atom is 0.332 e. The summed E-state index contributed by atoms with van der Waals surface area (Å²) in [5, 5.41) is 0. The van der Waals surface area contributed by atoms with Gasteiger partial charge >= 0.3 is 5.69 Å². The van der Waals surface area contributed by atoms with Crippen molar-refractivity contribution < 1.29 is 4.74 Å². The van der Waals surface area contributed by atoms with E-state index in [1.807, 2.05) is 53.1 Å². The van der Waals surface area contributed by atoms with Crippen molar-refractivity contribution in [2.45, 2.75) is 26.9 Å². The van der Waals surface area contributed by atoms with Crippen molar-refractivity contribution in [3.05, 3.63) is 68.1 Å². The Bertz CT molecular complexity index is 1290. The number of methoxy groups -OCH3 is 1. The zero-order valence-electron chi connectivity index (χ0n) is 16.5. The van der Waals surface area contributed by atoms with Crippen molar-refractivity contribution in [3.63, 3.8) is 0 Å². The molecule has 28 heavy (non-hydrogen) atoms. The van der Waals surface area contributed by atoms with E-state index in [4.69, 9.17) is 4.74 Å². The Morgan fingerprint density at radius 2 is 1.75 bits per heavy atom. The molecule has 0 amide bonds. The third kappa shape index (κ3) is 2.60. The van der Waals surface area contributed by atoms with Crippen molar-refractivity contribution >= 4 is 16.9 Å². The average Bonchev–Trinajstić information content (AvgIpc) is 3.19. The van der Waals surface area contributed by atoms with Crippen molar-refractivity contribution in [2.24, 2.45) is 7.05 Å². The van der Waals surface area contributed by atoms with Gasteiger partial charge in [-0.15, -0.1) is 0 Å². The summed E-state index contributed by atoms with van der Waals surface area (Å²) in [7, 11) is 3.30. The van der Waals surface area contributed by atoms with E-state index in [2.05, 4.69) is 4.98 Å². The van der Waals surface area contributed by atoms with Gasteiger partial charge in [0, 0.05) is 32.1 Å². The lowest BCUT2D eigenvalue weighted by molar-refractivity contribution is 0.187. The van der Waals surface area contributed by atoms with E-state index in [1.54, 1.807) is 14.2 Å². The summed E-state index contributed by atoms with van der Waals surface area (Å²) >= 11 is 0. The van der Waals surface area contributed by atoms with Crippen LogP contribution in [0.15, 0.2) is 39.9 Å². The van der Waals surface area contributed by atoms with E-state index in [0.717, 1.165) is 17.0 Å². The number of fused-ring (bicyclic) bond motifs is 3. The highest BCUT2D eigenvalue weighted by atomic mass is 16.5. The van der Waals surface area contributed by atoms with Gasteiger partial charge in [-0.25, -0.2) is 4.79 Å². The predicted molar refractivity (Wildman–Crippen MR) is 107 cm³/mol. The van der Waals surface area contributed by atoms with Crippen LogP contribution in [0.25, 0.3) is 16.9 Å². The fourth-order valence-electron chi connectivity index (χ4n) is 3.67. The standard InChI is InChI=1S/C20H23N5O3/c1-13-14(2)25-16-17(21-19(25)23(13)10-11-28-4)22(3)20(27)24(18(16)26)12-15-8-6-5-7-9-15/h5-9H,10-12H2,1-4H3. The second kappa shape index (κ2) is 6.79. The van der Waals surface area contributed by atoms with Gasteiger partial charge in [-0.1, -0.05) is 30.3 Å². The van der Waals surface area contributed by atoms with Gasteiger partial charge in [0.15, 0.2) is 11.2 Å². The Morgan fingerprint density at radius 3 is 2.43 bits per heavy atom. The first kappa shape index (κ1) is 18.2. The minimum absolute atomic E-state index is 0.220. The Hall–Kier alpha value is -3.13. The van der Waals surface area contributed by atoms with Gasteiger partial charge in [-0.3, -0.25) is 18.3 Å². The second-order valence-electron chi connectivity index (χ2n) is 6.95. The molecule has 0 spiro atoms. The number of nitrogens with zero attached hydrogens (tertiary/aromatic N) is 5. The summed E-state index contributed by atoms with van der Waals surface area (Å²) in [5.74, 6) is 0.645. The van der Waals surface area contributed by atoms with Crippen LogP contribution >= 0.6 is 0 Å². The van der Waals surface area contributed by atoms with Crippen LogP contribution in [0.3, 0.4) is 0 Å². The van der Waals surface area contributed by atoms with Gasteiger partial charge in [-0.05, 0) is 19.4 Å². The first-order chi connectivity index (χ1) is 13.5. The minimum atomic E-state index is -0.375. The summed E-state index contributed by atoms with van der Waals surface area (Å²) in [6, 6.07) is 9.49. The zero-order valence-corrected chi connectivity index (χ0v) is 16.5. The molecule has 3 heterocycles. The normalized spacial score (nSPS) is 11.7. The number of imidazole rings is 2. The maximum absolute atomic E-state index is 13.3. The van der Waals surface area contributed by atoms with Crippen molar-refractivity contribution in [1.82, 2.24) is 23.1 Å². The van der Waals surface area contributed by atoms with Crippen LogP contribution in [0.5, 0.6) is 0 Å². The molecule has 0 unspecified atom stereocenters. The van der Waals surface area contributed by atoms with Gasteiger partial charge in [0.2, 0.25) is 5.78 Å². The lowest BCUT2D eigenvalue weighted by atomic mass is 10.2. The zero-order chi connectivity index (χ0) is 20.0. The fourth-order valence-corrected chi connectivity index (χ4v) is 3.67. The Kier molecular flexibility index (Phi) is 4.43. The molecule has 0 N–H and O–H groups in total. The molecule has 1 aromatic carbocycles. The molecule has 0 aliphatic rings. The minimum Gasteiger partial charge on any atom is -0.383 e. The summed E-state index contributed by atoms with van der Waals surface area (Å²) < 4.78 is 11.8. The highest BCUT2D eigenvalue weighted by Crippen LogP contribution is 2.20. The van der Waals surface area contributed by atoms with Gasteiger partial charge in [-0.2, -0.15) is 4.98 Å². The smallest absolute Gasteiger partial charge is 0.332 e. The largest absolute Gasteiger partial charge is 0.383 e. The number of aromatic nitrogens is 5. The molecule has 3 aromatic heterocycles. The van der Waals surface area contributed by atoms with Crippen molar-refractivity contribution in [1.29, 1.82) is 0 Å². The van der Waals surface area contributed by atoms with Crippen molar-refractivity contribution in [3.8, 4) is 0 Å². The topological polar surface area (TPSA) is 75.5 Å². The molecule has 8 nitrogen and oxygen atoms in total. The third-order valence-electron chi connectivity index (χ3n) is 5.33. The van der Waals surface area contributed by atoms with E-state index in [-0.39, 0.29) is 17.8 Å². The molecule has 0 aliphatic heterocycles. The van der Waals surface area contributed by atoms with Crippen LogP contribution in [0.1, 0.15) is 17.0 Å². The number of ether oxygens (including phenoxy) is 1. The summed E-state index contributed by atoms with van der Waals surface area (Å²) in [4.78, 5) is 30.8. The fraction of sp³-hybridized carbons (Fsp3) is 0.350. The third-order valence-corrected chi connectivity index (χ3v) is 5.33. The predicted octanol–water partition coefficient (Wildman–Crippen LogP) is 1.46. The molecular weight excluding hydrogens is 358 g/mol. The van der Waals surface area contributed by atoms with Gasteiger partial charge in [0.05, 0.1) is 13.2 Å². The molecule has 0 radical (unpaired) electrons. The highest BCUT2D eigenvalue weighted by Gasteiger charge is 2.22. The van der Waals surface area contributed by atoms with Crippen LogP contribution in [0.4, 0.5) is 0 Å². The van der Waals surface area contributed by atoms with Crippen LogP contribution in [0.2, 0.25) is 0 Å². The van der Waals surface area contributed by atoms with Crippen LogP contribution in [-0.2, 0) is 24.9 Å². The SMILES string of the molecule is COCCn1c(C)c(C)n2c3c(=O)n(Cc4ccccc4)c(=O)n(C)c3nc12. The van der Waals surface area contributed by atoms with Crippen LogP contribution in [0, 0.1) is 13.8 Å². The first-order valence-corrected chi connectivity index (χ1v) is 9.16. The summed E-state index contributed by atoms with van der Waals surface area (Å²) in [5.41, 5.74) is 2.95. The molecule has 8 heteroatoms. The Labute approximate surface area is 161 Å². The monoisotopic (exact) mass is 381 g/mol. The van der Waals surface area contributed by atoms with E-state index in [1.165, 1.54) is 9.13 Å². The molecule has 146 valence electrons. The first-order valence-electron chi connectivity index (χ1n) is 9.16. The van der Waals surface area contributed by atoms with Crippen molar-refractivity contribution in [2.75, 3.05) is 13.7 Å². The number of benzene rings is 1. The molecule has 0 saturated heterocycles. The number of aryl methyl sites for hydroxylation is 2. The van der Waals surface area contributed by atoms with Gasteiger partial charge < -0.3 is 9.30 Å². The van der Waals surface area contributed by atoms with Crippen LogP contribution < -0.4 is 11.2 Å². The van der Waals surface area contributed by atoms with E-state index >= 15 is 0 Å². The summed E-state index contributed by atoms with van der Waals surface area (Å²) in [6.07, 6.45) is 0. The van der Waals surface area contributed by atoms with Gasteiger partial charge in [0.1, 0.15) is 0 Å². The molecule has 0 fully saturated rings. The molecule has 0 saturated carbocycles. The Morgan fingerprint density at radius 1 is 1.04 bits per heavy atom. The molecular formula is C20H23N5O3. The van der Waals surface area contributed by atoms with E-state index < -0.39 is 0 Å². The van der Waals surface area contributed by atoms with Crippen LogP contribution in [-0.4, -0.2) is 36.8 Å². The average molecular weight is 381 g/mol. The Balaban J connectivity index is 2.03. The molecule has 4 rings (SSSR count). The maximum atomic E-state index is 13.3. The molecule has 0 bridgehead atoms. The lowest BCUT2D eigenvalue weighted by Gasteiger charge is -2.08. The van der Waals surface area contributed by atoms with E-state index in [9.17, 15) is 9.59 Å². The van der Waals surface area contributed by atoms with E-state index in [0.29, 0.717) is 30.1 Å². The molecule has 4 aromatic rings. The number of hydrogen-bond donors (Lipinski definition) is 0.